The number of hydrogen-bond donors (Lipinski definition) is 1. The highest BCUT2D eigenvalue weighted by Crippen LogP contribution is 2.34. The lowest BCUT2D eigenvalue weighted by Crippen LogP contribution is -2.39. The Balaban J connectivity index is 1.94. The minimum Gasteiger partial charge on any atom is -0.380 e. The molecule has 1 aliphatic heterocycles. The molecule has 2 aliphatic rings. The van der Waals surface area contributed by atoms with E-state index >= 15 is 0 Å². The largest absolute Gasteiger partial charge is 0.380 e. The molecule has 4 unspecified atom stereocenters. The first-order valence-electron chi connectivity index (χ1n) is 7.06. The molecule has 1 aliphatic carbocycles. The summed E-state index contributed by atoms with van der Waals surface area (Å²) >= 11 is 0. The van der Waals surface area contributed by atoms with E-state index in [1.54, 1.807) is 7.11 Å². The molecule has 2 fully saturated rings. The van der Waals surface area contributed by atoms with Crippen molar-refractivity contribution in [3.63, 3.8) is 0 Å². The predicted molar refractivity (Wildman–Crippen MR) is 68.0 cm³/mol. The summed E-state index contributed by atoms with van der Waals surface area (Å²) in [4.78, 5) is 12.5. The average Bonchev–Trinajstić information content (AvgIpc) is 2.86. The molecule has 17 heavy (non-hydrogen) atoms. The summed E-state index contributed by atoms with van der Waals surface area (Å²) in [6.45, 7) is 3.05. The fourth-order valence-corrected chi connectivity index (χ4v) is 3.43. The van der Waals surface area contributed by atoms with E-state index in [2.05, 4.69) is 12.2 Å². The Hall–Kier alpha value is -0.410. The van der Waals surface area contributed by atoms with Crippen LogP contribution in [0.4, 0.5) is 0 Å². The Morgan fingerprint density at radius 3 is 2.76 bits per heavy atom. The molecule has 3 nitrogen and oxygen atoms in total. The molecular weight excluding hydrogens is 214 g/mol. The smallest absolute Gasteiger partial charge is 0.153 e. The van der Waals surface area contributed by atoms with Crippen LogP contribution >= 0.6 is 0 Å². The topological polar surface area (TPSA) is 38.3 Å². The zero-order chi connectivity index (χ0) is 12.3. The summed E-state index contributed by atoms with van der Waals surface area (Å²) in [7, 11) is 1.73. The summed E-state index contributed by atoms with van der Waals surface area (Å²) in [5, 5.41) is 3.32. The van der Waals surface area contributed by atoms with Gasteiger partial charge in [0.25, 0.3) is 0 Å². The van der Waals surface area contributed by atoms with E-state index in [1.165, 1.54) is 19.3 Å². The Kier molecular flexibility index (Phi) is 4.57. The zero-order valence-electron chi connectivity index (χ0n) is 11.1. The first-order valence-corrected chi connectivity index (χ1v) is 7.06. The Morgan fingerprint density at radius 1 is 1.35 bits per heavy atom. The molecule has 1 saturated carbocycles. The van der Waals surface area contributed by atoms with Crippen molar-refractivity contribution >= 4 is 5.78 Å². The molecule has 0 amide bonds. The zero-order valence-corrected chi connectivity index (χ0v) is 11.1. The van der Waals surface area contributed by atoms with Crippen LogP contribution in [0.15, 0.2) is 0 Å². The summed E-state index contributed by atoms with van der Waals surface area (Å²) in [5.74, 6) is 1.39. The molecule has 1 saturated heterocycles. The van der Waals surface area contributed by atoms with Gasteiger partial charge in [0.05, 0.1) is 12.1 Å². The average molecular weight is 239 g/mol. The van der Waals surface area contributed by atoms with Gasteiger partial charge in [-0.1, -0.05) is 26.2 Å². The van der Waals surface area contributed by atoms with E-state index in [4.69, 9.17) is 4.74 Å². The number of methoxy groups -OCH3 is 1. The minimum absolute atomic E-state index is 0.0529. The third-order valence-electron chi connectivity index (χ3n) is 4.57. The second-order valence-corrected chi connectivity index (χ2v) is 5.52. The number of ketones is 1. The number of Topliss-reactive ketones (excluding diaryl/α,β-unsaturated/α-hetero) is 1. The van der Waals surface area contributed by atoms with Crippen LogP contribution in [0.5, 0.6) is 0 Å². The molecule has 0 aromatic heterocycles. The van der Waals surface area contributed by atoms with E-state index in [9.17, 15) is 4.79 Å². The van der Waals surface area contributed by atoms with Crippen LogP contribution < -0.4 is 5.32 Å². The summed E-state index contributed by atoms with van der Waals surface area (Å²) in [6.07, 6.45) is 7.13. The molecule has 1 N–H and O–H groups in total. The predicted octanol–water partition coefficient (Wildman–Crippen LogP) is 2.15. The normalized spacial score (nSPS) is 38.2. The van der Waals surface area contributed by atoms with Crippen LogP contribution in [0, 0.1) is 11.8 Å². The summed E-state index contributed by atoms with van der Waals surface area (Å²) in [6, 6.07) is 0.0529. The first-order chi connectivity index (χ1) is 8.26. The molecule has 2 rings (SSSR count). The monoisotopic (exact) mass is 239 g/mol. The van der Waals surface area contributed by atoms with Crippen molar-refractivity contribution in [2.24, 2.45) is 11.8 Å². The van der Waals surface area contributed by atoms with Gasteiger partial charge in [0, 0.05) is 19.6 Å². The van der Waals surface area contributed by atoms with Crippen molar-refractivity contribution in [3.8, 4) is 0 Å². The maximum atomic E-state index is 12.5. The molecule has 0 bridgehead atoms. The molecule has 3 heteroatoms. The van der Waals surface area contributed by atoms with E-state index in [0.29, 0.717) is 17.6 Å². The highest BCUT2D eigenvalue weighted by Gasteiger charge is 2.37. The van der Waals surface area contributed by atoms with Gasteiger partial charge in [-0.2, -0.15) is 0 Å². The fraction of sp³-hybridized carbons (Fsp3) is 0.929. The van der Waals surface area contributed by atoms with Crippen molar-refractivity contribution in [1.82, 2.24) is 5.32 Å². The molecular formula is C14H25NO2. The third-order valence-corrected chi connectivity index (χ3v) is 4.57. The van der Waals surface area contributed by atoms with E-state index < -0.39 is 0 Å². The molecule has 98 valence electrons. The van der Waals surface area contributed by atoms with Crippen LogP contribution in [-0.4, -0.2) is 31.6 Å². The highest BCUT2D eigenvalue weighted by atomic mass is 16.5. The van der Waals surface area contributed by atoms with Gasteiger partial charge in [0.2, 0.25) is 0 Å². The standard InChI is InChI=1S/C14H25NO2/c1-3-10-6-4-5-7-12(10)14(16)13-8-11(17-2)9-15-13/h10-13,15H,3-9H2,1-2H3. The van der Waals surface area contributed by atoms with Crippen LogP contribution in [-0.2, 0) is 9.53 Å². The number of hydrogen-bond acceptors (Lipinski definition) is 3. The number of carbonyl (C=O) groups excluding carboxylic acids is 1. The number of nitrogens with one attached hydrogen (secondary N) is 1. The molecule has 4 atom stereocenters. The van der Waals surface area contributed by atoms with Crippen molar-refractivity contribution in [3.05, 3.63) is 0 Å². The van der Waals surface area contributed by atoms with Crippen LogP contribution in [0.2, 0.25) is 0 Å². The number of ether oxygens (including phenoxy) is 1. The van der Waals surface area contributed by atoms with Crippen molar-refractivity contribution in [2.75, 3.05) is 13.7 Å². The van der Waals surface area contributed by atoms with E-state index in [0.717, 1.165) is 25.8 Å². The lowest BCUT2D eigenvalue weighted by atomic mass is 9.74. The summed E-state index contributed by atoms with van der Waals surface area (Å²) < 4.78 is 5.32. The van der Waals surface area contributed by atoms with E-state index in [1.807, 2.05) is 0 Å². The van der Waals surface area contributed by atoms with Gasteiger partial charge in [-0.3, -0.25) is 4.79 Å². The Labute approximate surface area is 104 Å². The third kappa shape index (κ3) is 2.89. The lowest BCUT2D eigenvalue weighted by Gasteiger charge is -2.31. The molecule has 0 aromatic rings. The molecule has 0 radical (unpaired) electrons. The maximum absolute atomic E-state index is 12.5. The fourth-order valence-electron chi connectivity index (χ4n) is 3.43. The van der Waals surface area contributed by atoms with Crippen molar-refractivity contribution in [1.29, 1.82) is 0 Å². The Morgan fingerprint density at radius 2 is 2.12 bits per heavy atom. The number of rotatable bonds is 4. The van der Waals surface area contributed by atoms with Crippen LogP contribution in [0.25, 0.3) is 0 Å². The van der Waals surface area contributed by atoms with Crippen molar-refractivity contribution < 1.29 is 9.53 Å². The van der Waals surface area contributed by atoms with Crippen molar-refractivity contribution in [2.45, 2.75) is 57.6 Å². The van der Waals surface area contributed by atoms with Gasteiger partial charge in [0.15, 0.2) is 5.78 Å². The van der Waals surface area contributed by atoms with Gasteiger partial charge in [-0.15, -0.1) is 0 Å². The molecule has 1 heterocycles. The molecule has 0 spiro atoms. The molecule has 0 aromatic carbocycles. The number of carbonyl (C=O) groups is 1. The minimum atomic E-state index is 0.0529. The van der Waals surface area contributed by atoms with Crippen LogP contribution in [0.3, 0.4) is 0 Å². The van der Waals surface area contributed by atoms with Gasteiger partial charge >= 0.3 is 0 Å². The second kappa shape index (κ2) is 5.96. The first kappa shape index (κ1) is 13.0. The lowest BCUT2D eigenvalue weighted by molar-refractivity contribution is -0.127. The van der Waals surface area contributed by atoms with E-state index in [-0.39, 0.29) is 12.1 Å². The Bertz CT molecular complexity index is 267. The second-order valence-electron chi connectivity index (χ2n) is 5.52. The van der Waals surface area contributed by atoms with Gasteiger partial charge in [-0.05, 0) is 25.2 Å². The van der Waals surface area contributed by atoms with Gasteiger partial charge < -0.3 is 10.1 Å². The van der Waals surface area contributed by atoms with Gasteiger partial charge in [-0.25, -0.2) is 0 Å². The van der Waals surface area contributed by atoms with Crippen LogP contribution in [0.1, 0.15) is 45.4 Å². The van der Waals surface area contributed by atoms with Gasteiger partial charge in [0.1, 0.15) is 0 Å². The quantitative estimate of drug-likeness (QED) is 0.817. The summed E-state index contributed by atoms with van der Waals surface area (Å²) in [5.41, 5.74) is 0. The maximum Gasteiger partial charge on any atom is 0.153 e. The SMILES string of the molecule is CCC1CCCCC1C(=O)C1CC(OC)CN1. The highest BCUT2D eigenvalue weighted by molar-refractivity contribution is 5.87.